The van der Waals surface area contributed by atoms with Gasteiger partial charge in [0.25, 0.3) is 0 Å². The molecule has 0 aromatic rings. The molecule has 11 heavy (non-hydrogen) atoms. The molecule has 3 nitrogen and oxygen atoms in total. The lowest BCUT2D eigenvalue weighted by molar-refractivity contribution is 0.182. The third-order valence-electron chi connectivity index (χ3n) is 2.05. The Bertz CT molecular complexity index is 102. The number of hydrogen-bond acceptors (Lipinski definition) is 3. The molecule has 1 unspecified atom stereocenters. The first kappa shape index (κ1) is 8.97. The fourth-order valence-electron chi connectivity index (χ4n) is 1.18. The normalized spacial score (nSPS) is 27.3. The van der Waals surface area contributed by atoms with Crippen LogP contribution in [-0.2, 0) is 4.74 Å². The van der Waals surface area contributed by atoms with E-state index in [9.17, 15) is 0 Å². The van der Waals surface area contributed by atoms with E-state index in [1.165, 1.54) is 0 Å². The standard InChI is InChI=1S/C8H17NO2/c1-7(5-10)9-4-8-2-3-11-6-8/h7-10H,2-6H2,1H3/t7-,8?/m1/s1. The maximum atomic E-state index is 8.71. The van der Waals surface area contributed by atoms with Crippen molar-refractivity contribution < 1.29 is 9.84 Å². The molecule has 0 aromatic carbocycles. The second kappa shape index (κ2) is 4.70. The van der Waals surface area contributed by atoms with Gasteiger partial charge in [0.15, 0.2) is 0 Å². The Kier molecular flexibility index (Phi) is 3.83. The minimum absolute atomic E-state index is 0.216. The molecular weight excluding hydrogens is 142 g/mol. The highest BCUT2D eigenvalue weighted by Crippen LogP contribution is 2.10. The molecule has 0 spiro atoms. The monoisotopic (exact) mass is 159 g/mol. The van der Waals surface area contributed by atoms with Crippen LogP contribution < -0.4 is 5.32 Å². The van der Waals surface area contributed by atoms with Crippen LogP contribution in [0.3, 0.4) is 0 Å². The van der Waals surface area contributed by atoms with Crippen molar-refractivity contribution in [2.24, 2.45) is 5.92 Å². The molecule has 1 saturated heterocycles. The molecule has 1 aliphatic rings. The molecular formula is C8H17NO2. The van der Waals surface area contributed by atoms with E-state index in [1.54, 1.807) is 0 Å². The third-order valence-corrected chi connectivity index (χ3v) is 2.05. The number of aliphatic hydroxyl groups is 1. The van der Waals surface area contributed by atoms with Crippen LogP contribution in [-0.4, -0.2) is 37.5 Å². The highest BCUT2D eigenvalue weighted by atomic mass is 16.5. The fourth-order valence-corrected chi connectivity index (χ4v) is 1.18. The number of nitrogens with one attached hydrogen (secondary N) is 1. The molecule has 1 aliphatic heterocycles. The number of aliphatic hydroxyl groups excluding tert-OH is 1. The quantitative estimate of drug-likeness (QED) is 0.606. The van der Waals surface area contributed by atoms with Gasteiger partial charge in [-0.3, -0.25) is 0 Å². The summed E-state index contributed by atoms with van der Waals surface area (Å²) in [7, 11) is 0. The third kappa shape index (κ3) is 3.18. The minimum atomic E-state index is 0.216. The summed E-state index contributed by atoms with van der Waals surface area (Å²) in [6.07, 6.45) is 1.16. The Morgan fingerprint density at radius 2 is 2.55 bits per heavy atom. The predicted molar refractivity (Wildman–Crippen MR) is 43.5 cm³/mol. The van der Waals surface area contributed by atoms with Crippen LogP contribution in [0.2, 0.25) is 0 Å². The van der Waals surface area contributed by atoms with E-state index >= 15 is 0 Å². The molecule has 2 atom stereocenters. The van der Waals surface area contributed by atoms with E-state index in [1.807, 2.05) is 6.92 Å². The topological polar surface area (TPSA) is 41.5 Å². The Balaban J connectivity index is 2.01. The summed E-state index contributed by atoms with van der Waals surface area (Å²) in [6, 6.07) is 0.218. The van der Waals surface area contributed by atoms with E-state index in [0.29, 0.717) is 5.92 Å². The average Bonchev–Trinajstić information content (AvgIpc) is 2.52. The first-order valence-corrected chi connectivity index (χ1v) is 4.25. The van der Waals surface area contributed by atoms with Crippen molar-refractivity contribution in [2.45, 2.75) is 19.4 Å². The van der Waals surface area contributed by atoms with Crippen molar-refractivity contribution >= 4 is 0 Å². The van der Waals surface area contributed by atoms with Crippen LogP contribution in [0.4, 0.5) is 0 Å². The predicted octanol–water partition coefficient (Wildman–Crippen LogP) is -0.00670. The van der Waals surface area contributed by atoms with Gasteiger partial charge in [-0.25, -0.2) is 0 Å². The van der Waals surface area contributed by atoms with Crippen LogP contribution in [0.25, 0.3) is 0 Å². The zero-order valence-electron chi connectivity index (χ0n) is 7.05. The van der Waals surface area contributed by atoms with Crippen LogP contribution in [0.5, 0.6) is 0 Å². The second-order valence-corrected chi connectivity index (χ2v) is 3.22. The SMILES string of the molecule is C[C@H](CO)NCC1CCOC1. The molecule has 1 rings (SSSR count). The summed E-state index contributed by atoms with van der Waals surface area (Å²) in [5.41, 5.74) is 0. The lowest BCUT2D eigenvalue weighted by atomic mass is 10.1. The Morgan fingerprint density at radius 1 is 1.73 bits per heavy atom. The first-order valence-electron chi connectivity index (χ1n) is 4.25. The number of ether oxygens (including phenoxy) is 1. The van der Waals surface area contributed by atoms with Crippen molar-refractivity contribution in [1.29, 1.82) is 0 Å². The summed E-state index contributed by atoms with van der Waals surface area (Å²) in [5, 5.41) is 12.0. The van der Waals surface area contributed by atoms with Crippen molar-refractivity contribution in [3.63, 3.8) is 0 Å². The lowest BCUT2D eigenvalue weighted by Gasteiger charge is -2.13. The Hall–Kier alpha value is -0.120. The summed E-state index contributed by atoms with van der Waals surface area (Å²) in [4.78, 5) is 0. The highest BCUT2D eigenvalue weighted by molar-refractivity contribution is 4.68. The molecule has 0 amide bonds. The van der Waals surface area contributed by atoms with Gasteiger partial charge in [0, 0.05) is 19.2 Å². The molecule has 3 heteroatoms. The summed E-state index contributed by atoms with van der Waals surface area (Å²) >= 11 is 0. The van der Waals surface area contributed by atoms with E-state index < -0.39 is 0 Å². The molecule has 0 bridgehead atoms. The summed E-state index contributed by atoms with van der Waals surface area (Å²) in [6.45, 7) is 4.95. The maximum Gasteiger partial charge on any atom is 0.0581 e. The van der Waals surface area contributed by atoms with Gasteiger partial charge in [0.2, 0.25) is 0 Å². The largest absolute Gasteiger partial charge is 0.395 e. The van der Waals surface area contributed by atoms with Crippen molar-refractivity contribution in [2.75, 3.05) is 26.4 Å². The van der Waals surface area contributed by atoms with Gasteiger partial charge in [-0.05, 0) is 19.3 Å². The zero-order chi connectivity index (χ0) is 8.10. The zero-order valence-corrected chi connectivity index (χ0v) is 7.05. The smallest absolute Gasteiger partial charge is 0.0581 e. The lowest BCUT2D eigenvalue weighted by Crippen LogP contribution is -2.33. The molecule has 0 radical (unpaired) electrons. The Morgan fingerprint density at radius 3 is 3.09 bits per heavy atom. The maximum absolute atomic E-state index is 8.71. The van der Waals surface area contributed by atoms with E-state index in [4.69, 9.17) is 9.84 Å². The van der Waals surface area contributed by atoms with Gasteiger partial charge >= 0.3 is 0 Å². The second-order valence-electron chi connectivity index (χ2n) is 3.22. The van der Waals surface area contributed by atoms with Crippen LogP contribution in [0.15, 0.2) is 0 Å². The molecule has 0 saturated carbocycles. The minimum Gasteiger partial charge on any atom is -0.395 e. The van der Waals surface area contributed by atoms with Crippen molar-refractivity contribution in [1.82, 2.24) is 5.32 Å². The summed E-state index contributed by atoms with van der Waals surface area (Å²) in [5.74, 6) is 0.656. The number of rotatable bonds is 4. The van der Waals surface area contributed by atoms with Crippen LogP contribution in [0.1, 0.15) is 13.3 Å². The molecule has 1 fully saturated rings. The average molecular weight is 159 g/mol. The fraction of sp³-hybridized carbons (Fsp3) is 1.00. The van der Waals surface area contributed by atoms with Crippen LogP contribution >= 0.6 is 0 Å². The van der Waals surface area contributed by atoms with Gasteiger partial charge in [-0.15, -0.1) is 0 Å². The van der Waals surface area contributed by atoms with Gasteiger partial charge in [0.1, 0.15) is 0 Å². The molecule has 66 valence electrons. The van der Waals surface area contributed by atoms with E-state index in [2.05, 4.69) is 5.32 Å². The molecule has 0 aromatic heterocycles. The van der Waals surface area contributed by atoms with E-state index in [-0.39, 0.29) is 12.6 Å². The highest BCUT2D eigenvalue weighted by Gasteiger charge is 2.15. The first-order chi connectivity index (χ1) is 5.33. The van der Waals surface area contributed by atoms with Gasteiger partial charge in [-0.1, -0.05) is 0 Å². The van der Waals surface area contributed by atoms with Gasteiger partial charge in [-0.2, -0.15) is 0 Å². The molecule has 2 N–H and O–H groups in total. The molecule has 0 aliphatic carbocycles. The summed E-state index contributed by atoms with van der Waals surface area (Å²) < 4.78 is 5.22. The van der Waals surface area contributed by atoms with Crippen molar-refractivity contribution in [3.8, 4) is 0 Å². The number of hydrogen-bond donors (Lipinski definition) is 2. The molecule has 1 heterocycles. The van der Waals surface area contributed by atoms with Crippen molar-refractivity contribution in [3.05, 3.63) is 0 Å². The Labute approximate surface area is 67.7 Å². The van der Waals surface area contributed by atoms with Crippen LogP contribution in [0, 0.1) is 5.92 Å². The van der Waals surface area contributed by atoms with Gasteiger partial charge < -0.3 is 15.2 Å². The van der Waals surface area contributed by atoms with E-state index in [0.717, 1.165) is 26.2 Å². The van der Waals surface area contributed by atoms with Gasteiger partial charge in [0.05, 0.1) is 13.2 Å².